The van der Waals surface area contributed by atoms with E-state index in [0.29, 0.717) is 25.6 Å². The first-order valence-corrected chi connectivity index (χ1v) is 14.3. The Hall–Kier alpha value is -3.71. The molecule has 1 unspecified atom stereocenters. The molecule has 4 rings (SSSR count). The van der Waals surface area contributed by atoms with E-state index in [2.05, 4.69) is 76.8 Å². The van der Waals surface area contributed by atoms with E-state index in [0.717, 1.165) is 58.7 Å². The van der Waals surface area contributed by atoms with Gasteiger partial charge in [-0.3, -0.25) is 14.1 Å². The van der Waals surface area contributed by atoms with Crippen LogP contribution in [0, 0.1) is 12.7 Å². The van der Waals surface area contributed by atoms with Crippen molar-refractivity contribution in [2.24, 2.45) is 0 Å². The van der Waals surface area contributed by atoms with Gasteiger partial charge < -0.3 is 15.5 Å². The molecule has 1 heterocycles. The molecule has 0 aliphatic carbocycles. The Morgan fingerprint density at radius 2 is 1.68 bits per heavy atom. The van der Waals surface area contributed by atoms with Crippen molar-refractivity contribution in [1.29, 1.82) is 0 Å². The first-order chi connectivity index (χ1) is 19.9. The fourth-order valence-electron chi connectivity index (χ4n) is 4.77. The van der Waals surface area contributed by atoms with Gasteiger partial charge >= 0.3 is 0 Å². The molecule has 220 valence electrons. The van der Waals surface area contributed by atoms with Crippen LogP contribution in [0.15, 0.2) is 79.5 Å². The van der Waals surface area contributed by atoms with Crippen LogP contribution in [-0.4, -0.2) is 46.2 Å². The van der Waals surface area contributed by atoms with Crippen LogP contribution in [0.2, 0.25) is 0 Å². The number of nitrogens with zero attached hydrogens (tertiary/aromatic N) is 1. The number of aryl methyl sites for hydroxylation is 2. The predicted molar refractivity (Wildman–Crippen MR) is 168 cm³/mol. The lowest BCUT2D eigenvalue weighted by atomic mass is 9.92. The molecule has 1 fully saturated rings. The largest absolute Gasteiger partial charge is 0.393 e. The van der Waals surface area contributed by atoms with Gasteiger partial charge in [0.05, 0.1) is 20.0 Å². The molecule has 1 saturated heterocycles. The minimum absolute atomic E-state index is 0.181. The Labute approximate surface area is 243 Å². The van der Waals surface area contributed by atoms with Gasteiger partial charge in [-0.15, -0.1) is 0 Å². The van der Waals surface area contributed by atoms with Gasteiger partial charge in [0.1, 0.15) is 5.82 Å². The first-order valence-electron chi connectivity index (χ1n) is 14.3. The number of alkyl halides is 2. The second-order valence-electron chi connectivity index (χ2n) is 10.2. The van der Waals surface area contributed by atoms with E-state index in [4.69, 9.17) is 0 Å². The molecule has 0 saturated carbocycles. The summed E-state index contributed by atoms with van der Waals surface area (Å²) < 4.78 is 37.8. The highest BCUT2D eigenvalue weighted by Crippen LogP contribution is 2.34. The lowest BCUT2D eigenvalue weighted by Gasteiger charge is -2.24. The monoisotopic (exact) mass is 564 g/mol. The number of halogens is 3. The summed E-state index contributed by atoms with van der Waals surface area (Å²) in [4.78, 5) is 2.34. The Kier molecular flexibility index (Phi) is 12.8. The van der Waals surface area contributed by atoms with E-state index >= 15 is 0 Å². The highest BCUT2D eigenvalue weighted by Gasteiger charge is 2.24. The van der Waals surface area contributed by atoms with Gasteiger partial charge in [-0.2, -0.15) is 0 Å². The van der Waals surface area contributed by atoms with Crippen molar-refractivity contribution in [2.45, 2.75) is 39.2 Å². The third kappa shape index (κ3) is 9.42. The number of anilines is 2. The molecule has 3 aromatic carbocycles. The smallest absolute Gasteiger partial charge is 0.123 e. The zero-order valence-corrected chi connectivity index (χ0v) is 24.5. The van der Waals surface area contributed by atoms with Crippen LogP contribution in [-0.2, 0) is 6.42 Å². The van der Waals surface area contributed by atoms with E-state index in [1.165, 1.54) is 17.7 Å². The summed E-state index contributed by atoms with van der Waals surface area (Å²) in [5, 5.41) is 10.1. The molecule has 3 N–H and O–H groups in total. The topological polar surface area (TPSA) is 39.3 Å². The minimum atomic E-state index is -0.420. The van der Waals surface area contributed by atoms with Crippen LogP contribution in [0.1, 0.15) is 42.0 Å². The molecule has 0 spiro atoms. The van der Waals surface area contributed by atoms with Crippen LogP contribution < -0.4 is 20.9 Å². The molecule has 0 amide bonds. The summed E-state index contributed by atoms with van der Waals surface area (Å²) in [7, 11) is 1.83. The summed E-state index contributed by atoms with van der Waals surface area (Å²) in [6.45, 7) is 10.0. The summed E-state index contributed by atoms with van der Waals surface area (Å²) in [6.07, 6.45) is 3.91. The maximum atomic E-state index is 13.6. The molecule has 0 aromatic heterocycles. The van der Waals surface area contributed by atoms with Crippen molar-refractivity contribution in [2.75, 3.05) is 50.4 Å². The van der Waals surface area contributed by atoms with Gasteiger partial charge in [0.2, 0.25) is 0 Å². The Morgan fingerprint density at radius 3 is 2.32 bits per heavy atom. The molecular formula is C34H43F3N4. The van der Waals surface area contributed by atoms with Crippen molar-refractivity contribution < 1.29 is 13.2 Å². The van der Waals surface area contributed by atoms with Gasteiger partial charge in [0, 0.05) is 55.7 Å². The van der Waals surface area contributed by atoms with E-state index in [9.17, 15) is 13.2 Å². The number of rotatable bonds is 12. The third-order valence-electron chi connectivity index (χ3n) is 7.01. The highest BCUT2D eigenvalue weighted by molar-refractivity contribution is 6.04. The normalized spacial score (nSPS) is 14.8. The molecule has 3 aromatic rings. The van der Waals surface area contributed by atoms with Crippen LogP contribution >= 0.6 is 0 Å². The van der Waals surface area contributed by atoms with E-state index < -0.39 is 6.67 Å². The van der Waals surface area contributed by atoms with Gasteiger partial charge in [0.15, 0.2) is 0 Å². The number of benzene rings is 3. The summed E-state index contributed by atoms with van der Waals surface area (Å²) >= 11 is 0. The standard InChI is InChI=1S/C31H36F2N4.C3H7F/c1-22-4-11-28(12-5-22)35-21-36-29-15-17-37(20-29)31-13-8-25(18-26(31)14-16-32)30(19-34-3)23(2)24-6-9-27(33)10-7-24;1-2-3-4/h4-13,18-19,29,34-36H,2,14-17,20-21H2,1,3H3;2-3H2,1H3/b30-19+;. The lowest BCUT2D eigenvalue weighted by molar-refractivity contribution is 0.487. The zero-order chi connectivity index (χ0) is 29.6. The average Bonchev–Trinajstić information content (AvgIpc) is 3.46. The van der Waals surface area contributed by atoms with E-state index in [-0.39, 0.29) is 12.5 Å². The second-order valence-corrected chi connectivity index (χ2v) is 10.2. The van der Waals surface area contributed by atoms with Crippen molar-refractivity contribution in [3.05, 3.63) is 108 Å². The van der Waals surface area contributed by atoms with Gasteiger partial charge in [-0.25, -0.2) is 4.39 Å². The highest BCUT2D eigenvalue weighted by atomic mass is 19.1. The second kappa shape index (κ2) is 16.5. The number of nitrogens with one attached hydrogen (secondary N) is 3. The van der Waals surface area contributed by atoms with Gasteiger partial charge in [-0.1, -0.05) is 49.4 Å². The number of hydrogen-bond donors (Lipinski definition) is 3. The first kappa shape index (κ1) is 31.8. The zero-order valence-electron chi connectivity index (χ0n) is 24.5. The van der Waals surface area contributed by atoms with Gasteiger partial charge in [-0.05, 0) is 78.4 Å². The maximum Gasteiger partial charge on any atom is 0.123 e. The van der Waals surface area contributed by atoms with Gasteiger partial charge in [0.25, 0.3) is 0 Å². The summed E-state index contributed by atoms with van der Waals surface area (Å²) in [5.41, 5.74) is 7.86. The molecule has 1 atom stereocenters. The molecule has 41 heavy (non-hydrogen) atoms. The SMILES string of the molecule is C=C(/C(=C\NC)c1ccc(N2CCC(NCNc3ccc(C)cc3)C2)c(CCF)c1)c1ccc(F)cc1.CCCF. The molecule has 7 heteroatoms. The fourth-order valence-corrected chi connectivity index (χ4v) is 4.77. The van der Waals surface area contributed by atoms with Crippen molar-refractivity contribution in [3.63, 3.8) is 0 Å². The Bertz CT molecular complexity index is 1250. The van der Waals surface area contributed by atoms with E-state index in [1.54, 1.807) is 19.1 Å². The Balaban J connectivity index is 0.00000108. The number of hydrogen-bond acceptors (Lipinski definition) is 4. The van der Waals surface area contributed by atoms with Crippen molar-refractivity contribution >= 4 is 22.5 Å². The summed E-state index contributed by atoms with van der Waals surface area (Å²) in [5.74, 6) is -0.283. The molecule has 1 aliphatic heterocycles. The van der Waals surface area contributed by atoms with Crippen LogP contribution in [0.5, 0.6) is 0 Å². The van der Waals surface area contributed by atoms with Crippen LogP contribution in [0.3, 0.4) is 0 Å². The summed E-state index contributed by atoms with van der Waals surface area (Å²) in [6, 6.07) is 21.3. The molecule has 0 radical (unpaired) electrons. The lowest BCUT2D eigenvalue weighted by Crippen LogP contribution is -2.36. The third-order valence-corrected chi connectivity index (χ3v) is 7.01. The molecular weight excluding hydrogens is 521 g/mol. The van der Waals surface area contributed by atoms with Crippen molar-refractivity contribution in [3.8, 4) is 0 Å². The molecule has 1 aliphatic rings. The molecule has 4 nitrogen and oxygen atoms in total. The van der Waals surface area contributed by atoms with Crippen LogP contribution in [0.4, 0.5) is 24.5 Å². The maximum absolute atomic E-state index is 13.6. The number of allylic oxidation sites excluding steroid dienone is 2. The quantitative estimate of drug-likeness (QED) is 0.157. The molecule has 0 bridgehead atoms. The average molecular weight is 565 g/mol. The minimum Gasteiger partial charge on any atom is -0.393 e. The fraction of sp³-hybridized carbons (Fsp3) is 0.353. The van der Waals surface area contributed by atoms with Crippen LogP contribution in [0.25, 0.3) is 11.1 Å². The van der Waals surface area contributed by atoms with Crippen molar-refractivity contribution in [1.82, 2.24) is 10.6 Å². The predicted octanol–water partition coefficient (Wildman–Crippen LogP) is 7.52. The van der Waals surface area contributed by atoms with E-state index in [1.807, 2.05) is 13.2 Å². The Morgan fingerprint density at radius 1 is 1.00 bits per heavy atom.